The van der Waals surface area contributed by atoms with Crippen LogP contribution in [0.1, 0.15) is 19.0 Å². The molecule has 0 aliphatic rings. The largest absolute Gasteiger partial charge is 0.487 e. The van der Waals surface area contributed by atoms with Crippen molar-refractivity contribution >= 4 is 11.4 Å². The number of hydrogen-bond donors (Lipinski definition) is 1. The number of benzene rings is 1. The van der Waals surface area contributed by atoms with E-state index in [1.807, 2.05) is 6.92 Å². The number of hydrogen-bond acceptors (Lipinski definition) is 6. The van der Waals surface area contributed by atoms with Crippen molar-refractivity contribution < 1.29 is 14.2 Å². The Kier molecular flexibility index (Phi) is 4.54. The third kappa shape index (κ3) is 3.47. The highest BCUT2D eigenvalue weighted by molar-refractivity contribution is 5.58. The Morgan fingerprint density at radius 1 is 1.45 bits per heavy atom. The minimum Gasteiger partial charge on any atom is -0.487 e. The van der Waals surface area contributed by atoms with Crippen LogP contribution in [0, 0.1) is 10.1 Å². The molecule has 0 fully saturated rings. The first kappa shape index (κ1) is 13.9. The average molecular weight is 277 g/mol. The van der Waals surface area contributed by atoms with Gasteiger partial charge in [-0.25, -0.2) is 0 Å². The lowest BCUT2D eigenvalue weighted by molar-refractivity contribution is -0.385. The van der Waals surface area contributed by atoms with Gasteiger partial charge in [0.15, 0.2) is 5.75 Å². The van der Waals surface area contributed by atoms with E-state index in [0.717, 1.165) is 17.8 Å². The molecule has 0 spiro atoms. The van der Waals surface area contributed by atoms with Crippen LogP contribution in [0.4, 0.5) is 11.4 Å². The SMILES string of the molecule is CCCOc1cc(NCc2ccon2)ccc1[N+](=O)[O-]. The number of nitrogens with zero attached hydrogens (tertiary/aromatic N) is 2. The van der Waals surface area contributed by atoms with Crippen molar-refractivity contribution in [1.29, 1.82) is 0 Å². The predicted molar refractivity (Wildman–Crippen MR) is 72.7 cm³/mol. The summed E-state index contributed by atoms with van der Waals surface area (Å²) in [5.74, 6) is 0.266. The summed E-state index contributed by atoms with van der Waals surface area (Å²) in [6.07, 6.45) is 2.27. The van der Waals surface area contributed by atoms with Gasteiger partial charge in [-0.2, -0.15) is 0 Å². The van der Waals surface area contributed by atoms with E-state index in [1.54, 1.807) is 18.2 Å². The van der Waals surface area contributed by atoms with E-state index < -0.39 is 4.92 Å². The minimum atomic E-state index is -0.452. The Morgan fingerprint density at radius 3 is 2.95 bits per heavy atom. The summed E-state index contributed by atoms with van der Waals surface area (Å²) in [5, 5.41) is 17.8. The zero-order chi connectivity index (χ0) is 14.4. The fourth-order valence-corrected chi connectivity index (χ4v) is 1.62. The highest BCUT2D eigenvalue weighted by Crippen LogP contribution is 2.30. The molecule has 0 bridgehead atoms. The van der Waals surface area contributed by atoms with Crippen LogP contribution in [0.3, 0.4) is 0 Å². The molecule has 0 amide bonds. The third-order valence-electron chi connectivity index (χ3n) is 2.58. The smallest absolute Gasteiger partial charge is 0.311 e. The Labute approximate surface area is 115 Å². The number of nitrogens with one attached hydrogen (secondary N) is 1. The molecule has 1 N–H and O–H groups in total. The standard InChI is InChI=1S/C13H15N3O4/c1-2-6-19-13-8-10(3-4-12(13)16(17)18)14-9-11-5-7-20-15-11/h3-5,7-8,14H,2,6,9H2,1H3. The molecule has 0 unspecified atom stereocenters. The van der Waals surface area contributed by atoms with Gasteiger partial charge < -0.3 is 14.6 Å². The number of ether oxygens (including phenoxy) is 1. The van der Waals surface area contributed by atoms with Gasteiger partial charge in [-0.15, -0.1) is 0 Å². The van der Waals surface area contributed by atoms with Gasteiger partial charge in [0.1, 0.15) is 12.0 Å². The topological polar surface area (TPSA) is 90.4 Å². The third-order valence-corrected chi connectivity index (χ3v) is 2.58. The van der Waals surface area contributed by atoms with Crippen LogP contribution in [-0.4, -0.2) is 16.7 Å². The minimum absolute atomic E-state index is 0.0366. The van der Waals surface area contributed by atoms with E-state index >= 15 is 0 Å². The van der Waals surface area contributed by atoms with Crippen molar-refractivity contribution in [1.82, 2.24) is 5.16 Å². The molecule has 0 radical (unpaired) electrons. The molecular formula is C13H15N3O4. The fourth-order valence-electron chi connectivity index (χ4n) is 1.62. The van der Waals surface area contributed by atoms with Crippen LogP contribution in [0.2, 0.25) is 0 Å². The van der Waals surface area contributed by atoms with Gasteiger partial charge in [-0.3, -0.25) is 10.1 Å². The molecule has 7 nitrogen and oxygen atoms in total. The molecule has 106 valence electrons. The van der Waals surface area contributed by atoms with Gasteiger partial charge in [0.25, 0.3) is 0 Å². The van der Waals surface area contributed by atoms with E-state index in [2.05, 4.69) is 10.5 Å². The molecule has 1 aromatic heterocycles. The second-order valence-electron chi connectivity index (χ2n) is 4.13. The summed E-state index contributed by atoms with van der Waals surface area (Å²) >= 11 is 0. The van der Waals surface area contributed by atoms with Crippen molar-refractivity contribution in [2.24, 2.45) is 0 Å². The Balaban J connectivity index is 2.11. The van der Waals surface area contributed by atoms with Crippen molar-refractivity contribution in [2.75, 3.05) is 11.9 Å². The van der Waals surface area contributed by atoms with E-state index in [-0.39, 0.29) is 11.4 Å². The first-order valence-corrected chi connectivity index (χ1v) is 6.25. The molecule has 2 aromatic rings. The summed E-state index contributed by atoms with van der Waals surface area (Å²) in [4.78, 5) is 10.5. The number of nitro groups is 1. The maximum atomic E-state index is 10.9. The molecule has 1 heterocycles. The fraction of sp³-hybridized carbons (Fsp3) is 0.308. The van der Waals surface area contributed by atoms with E-state index in [4.69, 9.17) is 9.26 Å². The molecule has 2 rings (SSSR count). The van der Waals surface area contributed by atoms with Crippen LogP contribution in [0.5, 0.6) is 5.75 Å². The van der Waals surface area contributed by atoms with Crippen LogP contribution < -0.4 is 10.1 Å². The lowest BCUT2D eigenvalue weighted by atomic mass is 10.2. The van der Waals surface area contributed by atoms with Crippen LogP contribution in [0.25, 0.3) is 0 Å². The Hall–Kier alpha value is -2.57. The van der Waals surface area contributed by atoms with E-state index in [1.165, 1.54) is 12.3 Å². The number of nitro benzene ring substituents is 1. The number of aromatic nitrogens is 1. The van der Waals surface area contributed by atoms with Gasteiger partial charge in [0, 0.05) is 23.9 Å². The van der Waals surface area contributed by atoms with Gasteiger partial charge >= 0.3 is 5.69 Å². The molecule has 0 saturated heterocycles. The summed E-state index contributed by atoms with van der Waals surface area (Å²) in [5.41, 5.74) is 1.44. The molecule has 20 heavy (non-hydrogen) atoms. The summed E-state index contributed by atoms with van der Waals surface area (Å²) in [7, 11) is 0. The quantitative estimate of drug-likeness (QED) is 0.618. The van der Waals surface area contributed by atoms with Gasteiger partial charge in [0.2, 0.25) is 0 Å². The number of anilines is 1. The maximum absolute atomic E-state index is 10.9. The van der Waals surface area contributed by atoms with E-state index in [0.29, 0.717) is 13.2 Å². The first-order chi connectivity index (χ1) is 9.70. The predicted octanol–water partition coefficient (Wildman–Crippen LogP) is 2.98. The van der Waals surface area contributed by atoms with Gasteiger partial charge in [0.05, 0.1) is 18.1 Å². The normalized spacial score (nSPS) is 10.2. The Morgan fingerprint density at radius 2 is 2.30 bits per heavy atom. The lowest BCUT2D eigenvalue weighted by Crippen LogP contribution is -2.03. The summed E-state index contributed by atoms with van der Waals surface area (Å²) in [6.45, 7) is 2.85. The van der Waals surface area contributed by atoms with E-state index in [9.17, 15) is 10.1 Å². The summed E-state index contributed by atoms with van der Waals surface area (Å²) in [6, 6.07) is 6.42. The lowest BCUT2D eigenvalue weighted by Gasteiger charge is -2.09. The molecule has 0 aliphatic carbocycles. The molecule has 1 aromatic carbocycles. The zero-order valence-corrected chi connectivity index (χ0v) is 11.0. The maximum Gasteiger partial charge on any atom is 0.311 e. The highest BCUT2D eigenvalue weighted by Gasteiger charge is 2.15. The number of rotatable bonds is 7. The molecule has 7 heteroatoms. The summed E-state index contributed by atoms with van der Waals surface area (Å²) < 4.78 is 10.1. The second-order valence-corrected chi connectivity index (χ2v) is 4.13. The van der Waals surface area contributed by atoms with Crippen molar-refractivity contribution in [2.45, 2.75) is 19.9 Å². The van der Waals surface area contributed by atoms with Crippen molar-refractivity contribution in [3.63, 3.8) is 0 Å². The molecule has 0 aliphatic heterocycles. The van der Waals surface area contributed by atoms with Gasteiger partial charge in [-0.05, 0) is 12.5 Å². The first-order valence-electron chi connectivity index (χ1n) is 6.25. The van der Waals surface area contributed by atoms with Crippen LogP contribution in [-0.2, 0) is 6.54 Å². The molecular weight excluding hydrogens is 262 g/mol. The highest BCUT2D eigenvalue weighted by atomic mass is 16.6. The average Bonchev–Trinajstić information content (AvgIpc) is 2.96. The monoisotopic (exact) mass is 277 g/mol. The van der Waals surface area contributed by atoms with Gasteiger partial charge in [-0.1, -0.05) is 12.1 Å². The zero-order valence-electron chi connectivity index (χ0n) is 11.0. The molecule has 0 saturated carbocycles. The van der Waals surface area contributed by atoms with Crippen LogP contribution in [0.15, 0.2) is 35.1 Å². The van der Waals surface area contributed by atoms with Crippen molar-refractivity contribution in [3.05, 3.63) is 46.3 Å². The van der Waals surface area contributed by atoms with Crippen LogP contribution >= 0.6 is 0 Å². The Bertz CT molecular complexity index is 569. The molecule has 0 atom stereocenters. The second kappa shape index (κ2) is 6.55. The van der Waals surface area contributed by atoms with Crippen molar-refractivity contribution in [3.8, 4) is 5.75 Å².